The molecule has 1 fully saturated rings. The van der Waals surface area contributed by atoms with Crippen LogP contribution in [-0.4, -0.2) is 33.7 Å². The number of nitrogens with zero attached hydrogens (tertiary/aromatic N) is 3. The molecule has 2 aromatic rings. The van der Waals surface area contributed by atoms with Gasteiger partial charge in [-0.3, -0.25) is 9.48 Å². The third-order valence-corrected chi connectivity index (χ3v) is 5.52. The summed E-state index contributed by atoms with van der Waals surface area (Å²) in [6.45, 7) is 10.7. The van der Waals surface area contributed by atoms with E-state index in [0.717, 1.165) is 12.8 Å². The molecule has 1 unspecified atom stereocenters. The summed E-state index contributed by atoms with van der Waals surface area (Å²) in [5.74, 6) is 0.594. The minimum atomic E-state index is -0.110. The van der Waals surface area contributed by atoms with Gasteiger partial charge in [0.25, 0.3) is 5.91 Å². The van der Waals surface area contributed by atoms with Gasteiger partial charge in [-0.05, 0) is 65.0 Å². The number of hydrogen-bond donors (Lipinski definition) is 0. The maximum Gasteiger partial charge on any atom is 0.274 e. The molecule has 27 heavy (non-hydrogen) atoms. The van der Waals surface area contributed by atoms with Gasteiger partial charge in [-0.15, -0.1) is 0 Å². The molecule has 1 aromatic carbocycles. The average Bonchev–Trinajstić information content (AvgIpc) is 3.37. The topological polar surface area (TPSA) is 38.1 Å². The maximum absolute atomic E-state index is 13.2. The van der Waals surface area contributed by atoms with E-state index < -0.39 is 0 Å². The second-order valence-electron chi connectivity index (χ2n) is 8.98. The molecule has 4 heteroatoms. The highest BCUT2D eigenvalue weighted by Gasteiger charge is 2.33. The Bertz CT molecular complexity index is 794. The SMILES string of the molecule is CCC(Cc1ccc(C)cc1)N(C)C(=O)c1cc(C2CC2)n(C(C)(C)C)n1. The summed E-state index contributed by atoms with van der Waals surface area (Å²) in [5, 5.41) is 4.72. The predicted octanol–water partition coefficient (Wildman–Crippen LogP) is 4.92. The molecule has 146 valence electrons. The Morgan fingerprint density at radius 3 is 2.41 bits per heavy atom. The van der Waals surface area contributed by atoms with Crippen molar-refractivity contribution in [2.45, 2.75) is 77.8 Å². The summed E-state index contributed by atoms with van der Waals surface area (Å²) in [5.41, 5.74) is 4.21. The lowest BCUT2D eigenvalue weighted by atomic mass is 10.0. The number of carbonyl (C=O) groups excluding carboxylic acids is 1. The molecule has 1 atom stereocenters. The van der Waals surface area contributed by atoms with Gasteiger partial charge in [-0.2, -0.15) is 5.10 Å². The first kappa shape index (κ1) is 19.7. The number of likely N-dealkylation sites (N-methyl/N-ethyl adjacent to an activating group) is 1. The van der Waals surface area contributed by atoms with Gasteiger partial charge in [0, 0.05) is 24.7 Å². The van der Waals surface area contributed by atoms with Gasteiger partial charge >= 0.3 is 0 Å². The van der Waals surface area contributed by atoms with Gasteiger partial charge in [0.05, 0.1) is 5.54 Å². The molecule has 4 nitrogen and oxygen atoms in total. The van der Waals surface area contributed by atoms with Crippen LogP contribution in [0.5, 0.6) is 0 Å². The predicted molar refractivity (Wildman–Crippen MR) is 110 cm³/mol. The van der Waals surface area contributed by atoms with Crippen LogP contribution in [0, 0.1) is 6.92 Å². The van der Waals surface area contributed by atoms with E-state index in [0.29, 0.717) is 11.6 Å². The highest BCUT2D eigenvalue weighted by atomic mass is 16.2. The number of hydrogen-bond acceptors (Lipinski definition) is 2. The van der Waals surface area contributed by atoms with E-state index in [9.17, 15) is 4.79 Å². The lowest BCUT2D eigenvalue weighted by Crippen LogP contribution is -2.38. The number of amides is 1. The smallest absolute Gasteiger partial charge is 0.274 e. The second kappa shape index (κ2) is 7.49. The molecule has 0 aliphatic heterocycles. The van der Waals surface area contributed by atoms with Gasteiger partial charge in [0.2, 0.25) is 0 Å². The molecule has 0 saturated heterocycles. The van der Waals surface area contributed by atoms with E-state index in [4.69, 9.17) is 5.10 Å². The largest absolute Gasteiger partial charge is 0.337 e. The molecule has 0 bridgehead atoms. The molecule has 1 heterocycles. The van der Waals surface area contributed by atoms with Crippen LogP contribution in [0.1, 0.15) is 80.2 Å². The lowest BCUT2D eigenvalue weighted by molar-refractivity contribution is 0.0719. The van der Waals surface area contributed by atoms with Crippen molar-refractivity contribution in [2.24, 2.45) is 0 Å². The fourth-order valence-corrected chi connectivity index (χ4v) is 3.61. The third-order valence-electron chi connectivity index (χ3n) is 5.52. The van der Waals surface area contributed by atoms with Crippen LogP contribution in [0.2, 0.25) is 0 Å². The third kappa shape index (κ3) is 4.42. The fourth-order valence-electron chi connectivity index (χ4n) is 3.61. The normalized spacial score (nSPS) is 15.6. The van der Waals surface area contributed by atoms with Gasteiger partial charge in [-0.1, -0.05) is 36.8 Å². The zero-order valence-corrected chi connectivity index (χ0v) is 17.6. The van der Waals surface area contributed by atoms with Crippen LogP contribution in [0.25, 0.3) is 0 Å². The summed E-state index contributed by atoms with van der Waals surface area (Å²) in [6.07, 6.45) is 4.20. The number of carbonyl (C=O) groups is 1. The van der Waals surface area contributed by atoms with Crippen LogP contribution in [0.3, 0.4) is 0 Å². The Hall–Kier alpha value is -2.10. The molecule has 1 aromatic heterocycles. The number of aryl methyl sites for hydroxylation is 1. The van der Waals surface area contributed by atoms with Crippen molar-refractivity contribution in [1.82, 2.24) is 14.7 Å². The van der Waals surface area contributed by atoms with Gasteiger partial charge in [-0.25, -0.2) is 0 Å². The molecule has 0 radical (unpaired) electrons. The first-order valence-corrected chi connectivity index (χ1v) is 10.1. The van der Waals surface area contributed by atoms with Gasteiger partial charge in [0.1, 0.15) is 0 Å². The monoisotopic (exact) mass is 367 g/mol. The second-order valence-corrected chi connectivity index (χ2v) is 8.98. The van der Waals surface area contributed by atoms with E-state index in [1.165, 1.54) is 29.7 Å². The molecule has 1 saturated carbocycles. The Morgan fingerprint density at radius 2 is 1.89 bits per heavy atom. The number of rotatable bonds is 6. The first-order valence-electron chi connectivity index (χ1n) is 10.1. The van der Waals surface area contributed by atoms with E-state index in [1.54, 1.807) is 0 Å². The Balaban J connectivity index is 1.80. The van der Waals surface area contributed by atoms with Crippen molar-refractivity contribution in [3.8, 4) is 0 Å². The first-order chi connectivity index (χ1) is 12.7. The molecule has 0 spiro atoms. The van der Waals surface area contributed by atoms with Crippen LogP contribution in [0.15, 0.2) is 30.3 Å². The molecule has 1 amide bonds. The maximum atomic E-state index is 13.2. The van der Waals surface area contributed by atoms with E-state index in [2.05, 4.69) is 63.6 Å². The average molecular weight is 368 g/mol. The van der Waals surface area contributed by atoms with Crippen molar-refractivity contribution >= 4 is 5.91 Å². The molecule has 1 aliphatic rings. The lowest BCUT2D eigenvalue weighted by Gasteiger charge is -2.27. The quantitative estimate of drug-likeness (QED) is 0.727. The van der Waals surface area contributed by atoms with Gasteiger partial charge < -0.3 is 4.90 Å². The number of benzene rings is 1. The number of aromatic nitrogens is 2. The highest BCUT2D eigenvalue weighted by Crippen LogP contribution is 2.41. The summed E-state index contributed by atoms with van der Waals surface area (Å²) < 4.78 is 2.06. The van der Waals surface area contributed by atoms with Crippen LogP contribution < -0.4 is 0 Å². The van der Waals surface area contributed by atoms with Crippen LogP contribution in [-0.2, 0) is 12.0 Å². The minimum absolute atomic E-state index is 0.0267. The van der Waals surface area contributed by atoms with Crippen LogP contribution >= 0.6 is 0 Å². The van der Waals surface area contributed by atoms with Crippen molar-refractivity contribution in [2.75, 3.05) is 7.05 Å². The van der Waals surface area contributed by atoms with Crippen molar-refractivity contribution < 1.29 is 4.79 Å². The molecular weight excluding hydrogens is 334 g/mol. The highest BCUT2D eigenvalue weighted by molar-refractivity contribution is 5.92. The Labute approximate surface area is 163 Å². The zero-order valence-electron chi connectivity index (χ0n) is 17.6. The molecule has 3 rings (SSSR count). The standard InChI is InChI=1S/C23H33N3O/c1-7-19(14-17-10-8-16(2)9-11-17)25(6)22(27)20-15-21(18-12-13-18)26(24-20)23(3,4)5/h8-11,15,18-19H,7,12-14H2,1-6H3. The zero-order chi connectivity index (χ0) is 19.8. The van der Waals surface area contributed by atoms with Crippen molar-refractivity contribution in [1.29, 1.82) is 0 Å². The van der Waals surface area contributed by atoms with Crippen molar-refractivity contribution in [3.05, 3.63) is 52.8 Å². The van der Waals surface area contributed by atoms with E-state index in [-0.39, 0.29) is 17.5 Å². The summed E-state index contributed by atoms with van der Waals surface area (Å²) >= 11 is 0. The molecule has 1 aliphatic carbocycles. The summed E-state index contributed by atoms with van der Waals surface area (Å²) in [6, 6.07) is 10.8. The van der Waals surface area contributed by atoms with Crippen molar-refractivity contribution in [3.63, 3.8) is 0 Å². The Kier molecular flexibility index (Phi) is 5.45. The van der Waals surface area contributed by atoms with E-state index >= 15 is 0 Å². The van der Waals surface area contributed by atoms with E-state index in [1.807, 2.05) is 18.0 Å². The summed E-state index contributed by atoms with van der Waals surface area (Å²) in [4.78, 5) is 15.1. The fraction of sp³-hybridized carbons (Fsp3) is 0.565. The molecule has 0 N–H and O–H groups in total. The Morgan fingerprint density at radius 1 is 1.26 bits per heavy atom. The molecular formula is C23H33N3O. The minimum Gasteiger partial charge on any atom is -0.337 e. The summed E-state index contributed by atoms with van der Waals surface area (Å²) in [7, 11) is 1.91. The van der Waals surface area contributed by atoms with Crippen LogP contribution in [0.4, 0.5) is 0 Å². The van der Waals surface area contributed by atoms with Gasteiger partial charge in [0.15, 0.2) is 5.69 Å².